The van der Waals surface area contributed by atoms with E-state index in [0.717, 1.165) is 69.3 Å². The first-order valence-corrected chi connectivity index (χ1v) is 12.5. The molecule has 2 bridgehead atoms. The minimum absolute atomic E-state index is 0.0426. The molecule has 1 unspecified atom stereocenters. The maximum atomic E-state index is 13.0. The van der Waals surface area contributed by atoms with Crippen molar-refractivity contribution in [3.8, 4) is 16.9 Å². The Morgan fingerprint density at radius 2 is 1.80 bits per heavy atom. The second-order valence-corrected chi connectivity index (χ2v) is 10.5. The number of carbonyl (C=O) groups is 1. The van der Waals surface area contributed by atoms with Gasteiger partial charge in [-0.2, -0.15) is 0 Å². The minimum Gasteiger partial charge on any atom is -0.445 e. The molecule has 2 aliphatic carbocycles. The molecule has 186 valence electrons. The molecule has 2 aromatic carbocycles. The van der Waals surface area contributed by atoms with Crippen molar-refractivity contribution in [3.63, 3.8) is 0 Å². The third-order valence-electron chi connectivity index (χ3n) is 8.37. The lowest BCUT2D eigenvalue weighted by Gasteiger charge is -2.44. The lowest BCUT2D eigenvalue weighted by Crippen LogP contribution is -2.53. The van der Waals surface area contributed by atoms with Crippen LogP contribution >= 0.6 is 0 Å². The molecular weight excluding hydrogens is 457 g/mol. The average molecular weight is 487 g/mol. The fourth-order valence-corrected chi connectivity index (χ4v) is 6.27. The molecule has 0 aromatic heterocycles. The van der Waals surface area contributed by atoms with Gasteiger partial charge in [-0.05, 0) is 103 Å². The van der Waals surface area contributed by atoms with E-state index in [1.165, 1.54) is 17.7 Å². The normalized spacial score (nSPS) is 28.3. The monoisotopic (exact) mass is 486 g/mol. The van der Waals surface area contributed by atoms with E-state index < -0.39 is 6.36 Å². The van der Waals surface area contributed by atoms with Crippen molar-refractivity contribution >= 4 is 6.09 Å². The number of nitrogens with zero attached hydrogens (tertiary/aromatic N) is 1. The summed E-state index contributed by atoms with van der Waals surface area (Å²) in [6.07, 6.45) is 1.04. The summed E-state index contributed by atoms with van der Waals surface area (Å²) in [5.74, 6) is 0.194. The van der Waals surface area contributed by atoms with Crippen LogP contribution in [0.4, 0.5) is 18.0 Å². The molecule has 2 atom stereocenters. The smallest absolute Gasteiger partial charge is 0.445 e. The van der Waals surface area contributed by atoms with E-state index in [2.05, 4.69) is 15.0 Å². The Hall–Kier alpha value is -2.74. The van der Waals surface area contributed by atoms with Crippen molar-refractivity contribution in [1.82, 2.24) is 10.2 Å². The molecule has 1 N–H and O–H groups in total. The van der Waals surface area contributed by atoms with E-state index >= 15 is 0 Å². The second kappa shape index (κ2) is 8.43. The first kappa shape index (κ1) is 22.7. The van der Waals surface area contributed by atoms with Gasteiger partial charge in [-0.1, -0.05) is 24.3 Å². The molecule has 4 fully saturated rings. The van der Waals surface area contributed by atoms with Gasteiger partial charge >= 0.3 is 12.5 Å². The molecule has 3 saturated heterocycles. The molecule has 1 saturated carbocycles. The fraction of sp³-hybridized carbons (Fsp3) is 0.519. The summed E-state index contributed by atoms with van der Waals surface area (Å²) in [6, 6.07) is 11.8. The Balaban J connectivity index is 1.24. The number of alkyl carbamates (subject to hydrolysis) is 1. The van der Waals surface area contributed by atoms with Gasteiger partial charge in [-0.15, -0.1) is 13.2 Å². The zero-order valence-electron chi connectivity index (χ0n) is 19.4. The van der Waals surface area contributed by atoms with E-state index in [9.17, 15) is 18.0 Å². The maximum absolute atomic E-state index is 13.0. The molecule has 1 spiro atoms. The number of piperidine rings is 3. The van der Waals surface area contributed by atoms with Gasteiger partial charge in [0.2, 0.25) is 0 Å². The highest BCUT2D eigenvalue weighted by Gasteiger charge is 2.53. The highest BCUT2D eigenvalue weighted by Crippen LogP contribution is 2.61. The van der Waals surface area contributed by atoms with Crippen molar-refractivity contribution < 1.29 is 27.4 Å². The molecule has 5 nitrogen and oxygen atoms in total. The van der Waals surface area contributed by atoms with E-state index in [1.54, 1.807) is 12.1 Å². The topological polar surface area (TPSA) is 50.8 Å². The summed E-state index contributed by atoms with van der Waals surface area (Å²) < 4.78 is 48.2. The zero-order valence-corrected chi connectivity index (χ0v) is 19.4. The molecular formula is C27H29F3N2O3. The van der Waals surface area contributed by atoms with Crippen molar-refractivity contribution in [3.05, 3.63) is 53.6 Å². The van der Waals surface area contributed by atoms with Crippen molar-refractivity contribution in [2.45, 2.75) is 57.0 Å². The summed E-state index contributed by atoms with van der Waals surface area (Å²) >= 11 is 0. The first-order valence-electron chi connectivity index (χ1n) is 12.5. The van der Waals surface area contributed by atoms with Crippen LogP contribution in [0.1, 0.15) is 49.3 Å². The number of carbonyl (C=O) groups excluding carboxylic acids is 1. The standard InChI is InChI=1S/C27H29F3N2O3/c28-27(29,30)35-21-3-1-2-19(14-21)20-5-4-17-6-9-26(10-11-26)24(22(17)15-20)31-25(33)34-23-16-32-12-7-18(23)8-13-32/h1-5,14-15,18,23-24H,6-13,16H2,(H,31,33)/t23-,24?/m1/s1. The van der Waals surface area contributed by atoms with Gasteiger partial charge < -0.3 is 14.8 Å². The maximum Gasteiger partial charge on any atom is 0.573 e. The van der Waals surface area contributed by atoms with Crippen LogP contribution in [0.5, 0.6) is 5.75 Å². The van der Waals surface area contributed by atoms with Crippen LogP contribution in [0.25, 0.3) is 11.1 Å². The number of hydrogen-bond donors (Lipinski definition) is 1. The van der Waals surface area contributed by atoms with E-state index in [0.29, 0.717) is 11.5 Å². The lowest BCUT2D eigenvalue weighted by atomic mass is 9.76. The average Bonchev–Trinajstić information content (AvgIpc) is 3.61. The van der Waals surface area contributed by atoms with Crippen LogP contribution in [-0.4, -0.2) is 43.1 Å². The van der Waals surface area contributed by atoms with Crippen LogP contribution < -0.4 is 10.1 Å². The predicted octanol–water partition coefficient (Wildman–Crippen LogP) is 5.84. The first-order chi connectivity index (χ1) is 16.8. The van der Waals surface area contributed by atoms with E-state index in [-0.39, 0.29) is 29.4 Å². The number of benzene rings is 2. The summed E-state index contributed by atoms with van der Waals surface area (Å²) in [4.78, 5) is 15.4. The number of aryl methyl sites for hydroxylation is 1. The largest absolute Gasteiger partial charge is 0.573 e. The molecule has 8 heteroatoms. The zero-order chi connectivity index (χ0) is 24.2. The van der Waals surface area contributed by atoms with Crippen molar-refractivity contribution in [1.29, 1.82) is 0 Å². The molecule has 2 aromatic rings. The molecule has 3 aliphatic heterocycles. The highest BCUT2D eigenvalue weighted by atomic mass is 19.4. The number of rotatable bonds is 4. The molecule has 35 heavy (non-hydrogen) atoms. The van der Waals surface area contributed by atoms with Gasteiger partial charge in [0.25, 0.3) is 0 Å². The molecule has 3 heterocycles. The Morgan fingerprint density at radius 3 is 2.49 bits per heavy atom. The summed E-state index contributed by atoms with van der Waals surface area (Å²) in [5, 5.41) is 3.20. The third kappa shape index (κ3) is 4.60. The number of nitrogens with one attached hydrogen (secondary N) is 1. The van der Waals surface area contributed by atoms with Gasteiger partial charge in [0.1, 0.15) is 11.9 Å². The van der Waals surface area contributed by atoms with E-state index in [1.807, 2.05) is 18.2 Å². The van der Waals surface area contributed by atoms with Crippen LogP contribution in [0.3, 0.4) is 0 Å². The summed E-state index contributed by atoms with van der Waals surface area (Å²) in [6.45, 7) is 2.98. The van der Waals surface area contributed by atoms with Gasteiger partial charge in [-0.25, -0.2) is 4.79 Å². The van der Waals surface area contributed by atoms with Crippen LogP contribution in [-0.2, 0) is 11.2 Å². The predicted molar refractivity (Wildman–Crippen MR) is 124 cm³/mol. The van der Waals surface area contributed by atoms with Gasteiger partial charge in [-0.3, -0.25) is 4.90 Å². The number of amides is 1. The summed E-state index contributed by atoms with van der Waals surface area (Å²) in [7, 11) is 0. The molecule has 1 amide bonds. The Kier molecular flexibility index (Phi) is 5.47. The number of fused-ring (bicyclic) bond motifs is 4. The lowest BCUT2D eigenvalue weighted by molar-refractivity contribution is -0.274. The van der Waals surface area contributed by atoms with E-state index in [4.69, 9.17) is 4.74 Å². The van der Waals surface area contributed by atoms with Crippen LogP contribution in [0.2, 0.25) is 0 Å². The minimum atomic E-state index is -4.74. The van der Waals surface area contributed by atoms with Crippen LogP contribution in [0.15, 0.2) is 42.5 Å². The Bertz CT molecular complexity index is 1120. The van der Waals surface area contributed by atoms with Gasteiger partial charge in [0, 0.05) is 6.54 Å². The second-order valence-electron chi connectivity index (χ2n) is 10.5. The molecule has 7 rings (SSSR count). The summed E-state index contributed by atoms with van der Waals surface area (Å²) in [5.41, 5.74) is 3.69. The van der Waals surface area contributed by atoms with Gasteiger partial charge in [0.15, 0.2) is 0 Å². The third-order valence-corrected chi connectivity index (χ3v) is 8.37. The fourth-order valence-electron chi connectivity index (χ4n) is 6.27. The molecule has 0 radical (unpaired) electrons. The van der Waals surface area contributed by atoms with Crippen LogP contribution in [0, 0.1) is 11.3 Å². The van der Waals surface area contributed by atoms with Gasteiger partial charge in [0.05, 0.1) is 6.04 Å². The van der Waals surface area contributed by atoms with Crippen molar-refractivity contribution in [2.24, 2.45) is 11.3 Å². The number of alkyl halides is 3. The Morgan fingerprint density at radius 1 is 1.03 bits per heavy atom. The SMILES string of the molecule is O=C(NC1c2cc(-c3cccc(OC(F)(F)F)c3)ccc2CCC12CC2)O[C@@H]1CN2CCC1CC2. The number of hydrogen-bond acceptors (Lipinski definition) is 4. The molecule has 5 aliphatic rings. The quantitative estimate of drug-likeness (QED) is 0.590. The number of halogens is 3. The number of ether oxygens (including phenoxy) is 2. The Labute approximate surface area is 202 Å². The highest BCUT2D eigenvalue weighted by molar-refractivity contribution is 5.71. The van der Waals surface area contributed by atoms with Crippen molar-refractivity contribution in [2.75, 3.05) is 19.6 Å².